The Labute approximate surface area is 148 Å². The monoisotopic (exact) mass is 337 g/mol. The maximum atomic E-state index is 5.62. The molecule has 5 nitrogen and oxygen atoms in total. The molecule has 1 aromatic carbocycles. The van der Waals surface area contributed by atoms with E-state index < -0.39 is 0 Å². The molecule has 2 N–H and O–H groups in total. The van der Waals surface area contributed by atoms with Gasteiger partial charge in [0.05, 0.1) is 12.8 Å². The van der Waals surface area contributed by atoms with Crippen LogP contribution in [-0.2, 0) is 0 Å². The van der Waals surface area contributed by atoms with Crippen LogP contribution in [0.4, 0.5) is 0 Å². The quantitative estimate of drug-likeness (QED) is 0.798. The third-order valence-corrected chi connectivity index (χ3v) is 5.53. The molecule has 0 saturated carbocycles. The summed E-state index contributed by atoms with van der Waals surface area (Å²) in [5.74, 6) is 1.38. The highest BCUT2D eigenvalue weighted by Crippen LogP contribution is 2.42. The van der Waals surface area contributed by atoms with Crippen LogP contribution in [0.15, 0.2) is 36.8 Å². The van der Waals surface area contributed by atoms with Gasteiger partial charge in [0, 0.05) is 17.2 Å². The highest BCUT2D eigenvalue weighted by molar-refractivity contribution is 5.89. The van der Waals surface area contributed by atoms with Crippen LogP contribution in [0.5, 0.6) is 5.75 Å². The van der Waals surface area contributed by atoms with Gasteiger partial charge >= 0.3 is 0 Å². The number of nitrogens with one attached hydrogen (secondary N) is 2. The fourth-order valence-electron chi connectivity index (χ4n) is 4.00. The normalized spacial score (nSPS) is 21.6. The molecule has 0 aliphatic carbocycles. The lowest BCUT2D eigenvalue weighted by Crippen LogP contribution is -2.37. The molecule has 0 amide bonds. The van der Waals surface area contributed by atoms with Gasteiger partial charge in [-0.25, -0.2) is 4.98 Å². The van der Waals surface area contributed by atoms with Crippen molar-refractivity contribution in [3.63, 3.8) is 0 Å². The molecule has 1 saturated heterocycles. The number of benzene rings is 1. The average molecular weight is 337 g/mol. The molecule has 2 unspecified atom stereocenters. The second kappa shape index (κ2) is 6.48. The summed E-state index contributed by atoms with van der Waals surface area (Å²) in [5.41, 5.74) is 5.69. The van der Waals surface area contributed by atoms with Gasteiger partial charge in [0.15, 0.2) is 0 Å². The van der Waals surface area contributed by atoms with Gasteiger partial charge in [0.1, 0.15) is 17.5 Å². The molecule has 130 valence electrons. The maximum absolute atomic E-state index is 5.62. The largest absolute Gasteiger partial charge is 0.496 e. The van der Waals surface area contributed by atoms with E-state index in [9.17, 15) is 0 Å². The van der Waals surface area contributed by atoms with E-state index in [-0.39, 0.29) is 0 Å². The highest BCUT2D eigenvalue weighted by Gasteiger charge is 2.31. The highest BCUT2D eigenvalue weighted by atomic mass is 16.5. The van der Waals surface area contributed by atoms with Crippen molar-refractivity contribution in [3.05, 3.63) is 42.4 Å². The van der Waals surface area contributed by atoms with Crippen LogP contribution in [0, 0.1) is 0 Å². The number of hydrogen-bond acceptors (Lipinski definition) is 3. The Morgan fingerprint density at radius 2 is 2.16 bits per heavy atom. The number of H-pyrrole nitrogens is 2. The molecule has 1 aliphatic heterocycles. The van der Waals surface area contributed by atoms with Crippen molar-refractivity contribution in [1.82, 2.24) is 14.9 Å². The second-order valence-electron chi connectivity index (χ2n) is 7.00. The molecule has 25 heavy (non-hydrogen) atoms. The van der Waals surface area contributed by atoms with E-state index >= 15 is 0 Å². The number of ether oxygens (including phenoxy) is 1. The van der Waals surface area contributed by atoms with Crippen LogP contribution in [0.25, 0.3) is 22.3 Å². The predicted octanol–water partition coefficient (Wildman–Crippen LogP) is 3.25. The van der Waals surface area contributed by atoms with E-state index in [2.05, 4.69) is 46.0 Å². The SMILES string of the molecule is COc1ccccc1-c1[nH]c2c[nH+]cnc2c1C1CCN(C)C(C)C1. The first-order chi connectivity index (χ1) is 12.2. The summed E-state index contributed by atoms with van der Waals surface area (Å²) in [6.45, 7) is 3.42. The summed E-state index contributed by atoms with van der Waals surface area (Å²) >= 11 is 0. The van der Waals surface area contributed by atoms with Gasteiger partial charge in [-0.15, -0.1) is 0 Å². The second-order valence-corrected chi connectivity index (χ2v) is 7.00. The lowest BCUT2D eigenvalue weighted by atomic mass is 9.84. The van der Waals surface area contributed by atoms with Crippen molar-refractivity contribution in [2.45, 2.75) is 31.7 Å². The Morgan fingerprint density at radius 1 is 1.32 bits per heavy atom. The molecule has 2 aromatic heterocycles. The van der Waals surface area contributed by atoms with E-state index in [4.69, 9.17) is 4.74 Å². The third kappa shape index (κ3) is 2.78. The summed E-state index contributed by atoms with van der Waals surface area (Å²) in [6, 6.07) is 8.78. The van der Waals surface area contributed by atoms with Crippen molar-refractivity contribution in [2.75, 3.05) is 20.7 Å². The average Bonchev–Trinajstić information content (AvgIpc) is 3.03. The molecular formula is C20H25N4O+. The minimum Gasteiger partial charge on any atom is -0.496 e. The first-order valence-corrected chi connectivity index (χ1v) is 8.90. The zero-order chi connectivity index (χ0) is 17.4. The third-order valence-electron chi connectivity index (χ3n) is 5.53. The Morgan fingerprint density at radius 3 is 2.96 bits per heavy atom. The summed E-state index contributed by atoms with van der Waals surface area (Å²) in [5, 5.41) is 0. The maximum Gasteiger partial charge on any atom is 0.284 e. The van der Waals surface area contributed by atoms with Gasteiger partial charge in [-0.3, -0.25) is 0 Å². The topological polar surface area (TPSA) is 55.3 Å². The van der Waals surface area contributed by atoms with Gasteiger partial charge in [-0.05, 0) is 56.4 Å². The lowest BCUT2D eigenvalue weighted by molar-refractivity contribution is -0.380. The Balaban J connectivity index is 1.90. The summed E-state index contributed by atoms with van der Waals surface area (Å²) in [4.78, 5) is 13.8. The minimum atomic E-state index is 0.495. The number of aromatic nitrogens is 3. The molecule has 0 radical (unpaired) electrons. The molecule has 5 heteroatoms. The molecule has 3 heterocycles. The van der Waals surface area contributed by atoms with Gasteiger partial charge < -0.3 is 14.6 Å². The van der Waals surface area contributed by atoms with Crippen LogP contribution in [0.1, 0.15) is 31.2 Å². The standard InChI is InChI=1S/C20H24N4O/c1-13-10-14(8-9-24(13)2)18-19(15-6-4-5-7-17(15)25-3)23-16-11-21-12-22-20(16)18/h4-7,11-14,23H,8-10H2,1-3H3/p+1. The van der Waals surface area contributed by atoms with Gasteiger partial charge in [-0.2, -0.15) is 0 Å². The van der Waals surface area contributed by atoms with Gasteiger partial charge in [0.2, 0.25) is 5.52 Å². The molecule has 0 bridgehead atoms. The van der Waals surface area contributed by atoms with Crippen molar-refractivity contribution >= 4 is 11.0 Å². The Kier molecular flexibility index (Phi) is 4.17. The van der Waals surface area contributed by atoms with Crippen molar-refractivity contribution in [1.29, 1.82) is 0 Å². The van der Waals surface area contributed by atoms with E-state index in [0.717, 1.165) is 47.4 Å². The number of hydrogen-bond donors (Lipinski definition) is 1. The zero-order valence-electron chi connectivity index (χ0n) is 15.0. The molecule has 1 fully saturated rings. The minimum absolute atomic E-state index is 0.495. The summed E-state index contributed by atoms with van der Waals surface area (Å²) in [7, 11) is 3.94. The Bertz CT molecular complexity index is 888. The fourth-order valence-corrected chi connectivity index (χ4v) is 4.00. The summed E-state index contributed by atoms with van der Waals surface area (Å²) in [6.07, 6.45) is 6.05. The number of para-hydroxylation sites is 1. The number of rotatable bonds is 3. The van der Waals surface area contributed by atoms with Crippen molar-refractivity contribution in [3.8, 4) is 17.0 Å². The first kappa shape index (κ1) is 16.1. The number of aromatic amines is 2. The van der Waals surface area contributed by atoms with Crippen molar-refractivity contribution in [2.24, 2.45) is 0 Å². The number of likely N-dealkylation sites (tertiary alicyclic amines) is 1. The van der Waals surface area contributed by atoms with Gasteiger partial charge in [0.25, 0.3) is 6.33 Å². The number of methoxy groups -OCH3 is 1. The molecule has 2 atom stereocenters. The van der Waals surface area contributed by atoms with E-state index in [1.807, 2.05) is 18.3 Å². The van der Waals surface area contributed by atoms with E-state index in [1.165, 1.54) is 5.56 Å². The summed E-state index contributed by atoms with van der Waals surface area (Å²) < 4.78 is 5.62. The number of nitrogens with zero attached hydrogens (tertiary/aromatic N) is 2. The Hall–Kier alpha value is -2.40. The number of piperidine rings is 1. The molecule has 0 spiro atoms. The number of fused-ring (bicyclic) bond motifs is 1. The zero-order valence-corrected chi connectivity index (χ0v) is 15.0. The molecular weight excluding hydrogens is 312 g/mol. The molecule has 1 aliphatic rings. The van der Waals surface area contributed by atoms with Crippen LogP contribution in [0.2, 0.25) is 0 Å². The van der Waals surface area contributed by atoms with Crippen LogP contribution < -0.4 is 9.72 Å². The van der Waals surface area contributed by atoms with Crippen molar-refractivity contribution < 1.29 is 9.72 Å². The smallest absolute Gasteiger partial charge is 0.284 e. The van der Waals surface area contributed by atoms with Gasteiger partial charge in [-0.1, -0.05) is 12.1 Å². The van der Waals surface area contributed by atoms with Crippen LogP contribution in [-0.4, -0.2) is 41.6 Å². The van der Waals surface area contributed by atoms with Crippen LogP contribution in [0.3, 0.4) is 0 Å². The predicted molar refractivity (Wildman–Crippen MR) is 98.7 cm³/mol. The first-order valence-electron chi connectivity index (χ1n) is 8.90. The molecule has 4 rings (SSSR count). The lowest BCUT2D eigenvalue weighted by Gasteiger charge is -2.35. The van der Waals surface area contributed by atoms with Crippen LogP contribution >= 0.6 is 0 Å². The fraction of sp³-hybridized carbons (Fsp3) is 0.400. The van der Waals surface area contributed by atoms with E-state index in [1.54, 1.807) is 13.4 Å². The van der Waals surface area contributed by atoms with E-state index in [0.29, 0.717) is 12.0 Å². The molecule has 3 aromatic rings.